The summed E-state index contributed by atoms with van der Waals surface area (Å²) in [6, 6.07) is 17.0. The number of piperazine rings is 1. The number of aryl methyl sites for hydroxylation is 1. The molecule has 1 saturated heterocycles. The Bertz CT molecular complexity index is 584. The van der Waals surface area contributed by atoms with E-state index >= 15 is 0 Å². The Balaban J connectivity index is 1.58. The van der Waals surface area contributed by atoms with Crippen molar-refractivity contribution in [3.8, 4) is 0 Å². The molecule has 0 amide bonds. The number of hydrogen-bond acceptors (Lipinski definition) is 3. The van der Waals surface area contributed by atoms with Gasteiger partial charge in [0.05, 0.1) is 11.4 Å². The van der Waals surface area contributed by atoms with Crippen LogP contribution in [0.2, 0.25) is 0 Å². The van der Waals surface area contributed by atoms with E-state index in [2.05, 4.69) is 53.1 Å². The topological polar surface area (TPSA) is 32.5 Å². The largest absolute Gasteiger partial charge is 0.397 e. The van der Waals surface area contributed by atoms with E-state index in [1.807, 2.05) is 12.1 Å². The van der Waals surface area contributed by atoms with Gasteiger partial charge < -0.3 is 10.6 Å². The van der Waals surface area contributed by atoms with Gasteiger partial charge in [0.25, 0.3) is 0 Å². The highest BCUT2D eigenvalue weighted by molar-refractivity contribution is 5.67. The van der Waals surface area contributed by atoms with Gasteiger partial charge in [-0.3, -0.25) is 4.90 Å². The number of nitrogen functional groups attached to an aromatic ring is 1. The molecule has 3 nitrogen and oxygen atoms in total. The second-order valence-corrected chi connectivity index (χ2v) is 5.81. The molecule has 110 valence electrons. The van der Waals surface area contributed by atoms with Crippen LogP contribution in [0.15, 0.2) is 48.5 Å². The molecular formula is C18H23N3. The van der Waals surface area contributed by atoms with Gasteiger partial charge in [0.2, 0.25) is 0 Å². The Hall–Kier alpha value is -2.00. The molecular weight excluding hydrogens is 258 g/mol. The second-order valence-electron chi connectivity index (χ2n) is 5.81. The molecule has 0 radical (unpaired) electrons. The number of hydrogen-bond donors (Lipinski definition) is 1. The van der Waals surface area contributed by atoms with Gasteiger partial charge in [-0.2, -0.15) is 0 Å². The van der Waals surface area contributed by atoms with Crippen LogP contribution in [0.1, 0.15) is 11.1 Å². The van der Waals surface area contributed by atoms with Crippen molar-refractivity contribution in [2.45, 2.75) is 13.5 Å². The van der Waals surface area contributed by atoms with E-state index in [9.17, 15) is 0 Å². The molecule has 1 aliphatic heterocycles. The smallest absolute Gasteiger partial charge is 0.0600 e. The van der Waals surface area contributed by atoms with Crippen molar-refractivity contribution in [1.82, 2.24) is 4.90 Å². The maximum absolute atomic E-state index is 6.07. The number of nitrogens with zero attached hydrogens (tertiary/aromatic N) is 2. The molecule has 3 heteroatoms. The number of para-hydroxylation sites is 2. The van der Waals surface area contributed by atoms with Crippen LogP contribution in [-0.2, 0) is 6.54 Å². The Morgan fingerprint density at radius 1 is 0.905 bits per heavy atom. The fourth-order valence-corrected chi connectivity index (χ4v) is 2.87. The average molecular weight is 281 g/mol. The maximum atomic E-state index is 6.07. The van der Waals surface area contributed by atoms with Crippen LogP contribution in [0.5, 0.6) is 0 Å². The Morgan fingerprint density at radius 2 is 1.57 bits per heavy atom. The highest BCUT2D eigenvalue weighted by Crippen LogP contribution is 2.23. The van der Waals surface area contributed by atoms with Crippen LogP contribution in [0.25, 0.3) is 0 Å². The lowest BCUT2D eigenvalue weighted by Crippen LogP contribution is -2.46. The minimum absolute atomic E-state index is 0.879. The summed E-state index contributed by atoms with van der Waals surface area (Å²) in [6.45, 7) is 7.43. The number of rotatable bonds is 3. The van der Waals surface area contributed by atoms with Gasteiger partial charge in [-0.25, -0.2) is 0 Å². The normalized spacial score (nSPS) is 16.1. The lowest BCUT2D eigenvalue weighted by molar-refractivity contribution is 0.250. The van der Waals surface area contributed by atoms with Gasteiger partial charge in [0, 0.05) is 32.7 Å². The predicted octanol–water partition coefficient (Wildman–Crippen LogP) is 2.90. The second kappa shape index (κ2) is 6.19. The zero-order valence-electron chi connectivity index (χ0n) is 12.6. The molecule has 2 aromatic rings. The van der Waals surface area contributed by atoms with E-state index in [4.69, 9.17) is 5.73 Å². The van der Waals surface area contributed by atoms with Gasteiger partial charge in [-0.15, -0.1) is 0 Å². The predicted molar refractivity (Wildman–Crippen MR) is 89.5 cm³/mol. The minimum atomic E-state index is 0.879. The molecule has 0 aromatic heterocycles. The van der Waals surface area contributed by atoms with Crippen molar-refractivity contribution in [2.24, 2.45) is 0 Å². The van der Waals surface area contributed by atoms with Crippen molar-refractivity contribution >= 4 is 11.4 Å². The average Bonchev–Trinajstić information content (AvgIpc) is 2.51. The summed E-state index contributed by atoms with van der Waals surface area (Å²) < 4.78 is 0. The van der Waals surface area contributed by atoms with Crippen molar-refractivity contribution in [2.75, 3.05) is 36.8 Å². The standard InChI is InChI=1S/C18H23N3/c1-15-6-8-16(9-7-15)14-20-10-12-21(13-11-20)18-5-3-2-4-17(18)19/h2-9H,10-14,19H2,1H3. The van der Waals surface area contributed by atoms with Crippen LogP contribution >= 0.6 is 0 Å². The highest BCUT2D eigenvalue weighted by Gasteiger charge is 2.18. The summed E-state index contributed by atoms with van der Waals surface area (Å²) >= 11 is 0. The molecule has 0 bridgehead atoms. The monoisotopic (exact) mass is 281 g/mol. The van der Waals surface area contributed by atoms with Crippen molar-refractivity contribution < 1.29 is 0 Å². The van der Waals surface area contributed by atoms with Crippen molar-refractivity contribution in [3.63, 3.8) is 0 Å². The Labute approximate surface area is 127 Å². The first kappa shape index (κ1) is 14.0. The Morgan fingerprint density at radius 3 is 2.24 bits per heavy atom. The lowest BCUT2D eigenvalue weighted by atomic mass is 10.1. The van der Waals surface area contributed by atoms with Gasteiger partial charge >= 0.3 is 0 Å². The summed E-state index contributed by atoms with van der Waals surface area (Å²) in [5.74, 6) is 0. The first-order chi connectivity index (χ1) is 10.2. The summed E-state index contributed by atoms with van der Waals surface area (Å²) in [4.78, 5) is 4.90. The SMILES string of the molecule is Cc1ccc(CN2CCN(c3ccccc3N)CC2)cc1. The number of benzene rings is 2. The van der Waals surface area contributed by atoms with Crippen molar-refractivity contribution in [1.29, 1.82) is 0 Å². The van der Waals surface area contributed by atoms with Crippen LogP contribution < -0.4 is 10.6 Å². The number of anilines is 2. The molecule has 0 atom stereocenters. The van der Waals surface area contributed by atoms with Crippen molar-refractivity contribution in [3.05, 3.63) is 59.7 Å². The third-order valence-corrected chi connectivity index (χ3v) is 4.18. The van der Waals surface area contributed by atoms with Crippen LogP contribution in [-0.4, -0.2) is 31.1 Å². The maximum Gasteiger partial charge on any atom is 0.0600 e. The third kappa shape index (κ3) is 3.37. The summed E-state index contributed by atoms with van der Waals surface area (Å²) in [6.07, 6.45) is 0. The van der Waals surface area contributed by atoms with Gasteiger partial charge in [0.1, 0.15) is 0 Å². The fraction of sp³-hybridized carbons (Fsp3) is 0.333. The molecule has 1 fully saturated rings. The molecule has 2 aromatic carbocycles. The molecule has 1 aliphatic rings. The third-order valence-electron chi connectivity index (χ3n) is 4.18. The van der Waals surface area contributed by atoms with E-state index in [-0.39, 0.29) is 0 Å². The quantitative estimate of drug-likeness (QED) is 0.878. The molecule has 3 rings (SSSR count). The summed E-state index contributed by atoms with van der Waals surface area (Å²) in [7, 11) is 0. The van der Waals surface area contributed by atoms with E-state index < -0.39 is 0 Å². The molecule has 0 unspecified atom stereocenters. The Kier molecular flexibility index (Phi) is 4.11. The van der Waals surface area contributed by atoms with Crippen LogP contribution in [0.4, 0.5) is 11.4 Å². The van der Waals surface area contributed by atoms with Gasteiger partial charge in [0.15, 0.2) is 0 Å². The zero-order valence-corrected chi connectivity index (χ0v) is 12.6. The molecule has 0 saturated carbocycles. The van der Waals surface area contributed by atoms with E-state index in [1.54, 1.807) is 0 Å². The highest BCUT2D eigenvalue weighted by atomic mass is 15.3. The van der Waals surface area contributed by atoms with E-state index in [1.165, 1.54) is 16.8 Å². The zero-order chi connectivity index (χ0) is 14.7. The molecule has 2 N–H and O–H groups in total. The minimum Gasteiger partial charge on any atom is -0.397 e. The van der Waals surface area contributed by atoms with E-state index in [0.29, 0.717) is 0 Å². The van der Waals surface area contributed by atoms with Crippen LogP contribution in [0, 0.1) is 6.92 Å². The number of nitrogens with two attached hydrogens (primary N) is 1. The van der Waals surface area contributed by atoms with Crippen LogP contribution in [0.3, 0.4) is 0 Å². The molecule has 0 spiro atoms. The molecule has 21 heavy (non-hydrogen) atoms. The van der Waals surface area contributed by atoms with E-state index in [0.717, 1.165) is 38.4 Å². The van der Waals surface area contributed by atoms with Gasteiger partial charge in [-0.05, 0) is 24.6 Å². The van der Waals surface area contributed by atoms with Gasteiger partial charge in [-0.1, -0.05) is 42.0 Å². The first-order valence-corrected chi connectivity index (χ1v) is 7.60. The summed E-state index contributed by atoms with van der Waals surface area (Å²) in [5, 5.41) is 0. The summed E-state index contributed by atoms with van der Waals surface area (Å²) in [5.41, 5.74) is 10.8. The fourth-order valence-electron chi connectivity index (χ4n) is 2.87. The molecule has 0 aliphatic carbocycles. The molecule has 1 heterocycles. The first-order valence-electron chi connectivity index (χ1n) is 7.60. The lowest BCUT2D eigenvalue weighted by Gasteiger charge is -2.36.